The number of nitrogens with one attached hydrogen (secondary N) is 1. The third-order valence-corrected chi connectivity index (χ3v) is 4.13. The molecule has 0 saturated carbocycles. The number of carbonyl (C=O) groups is 1. The average Bonchev–Trinajstić information content (AvgIpc) is 2.58. The van der Waals surface area contributed by atoms with E-state index in [1.54, 1.807) is 6.92 Å². The van der Waals surface area contributed by atoms with Crippen molar-refractivity contribution in [3.63, 3.8) is 0 Å². The fraction of sp³-hybridized carbons (Fsp3) is 0.235. The van der Waals surface area contributed by atoms with Gasteiger partial charge >= 0.3 is 12.1 Å². The number of H-pyrrole nitrogens is 1. The molecule has 0 aliphatic heterocycles. The maximum atomic E-state index is 13.4. The van der Waals surface area contributed by atoms with Gasteiger partial charge in [-0.1, -0.05) is 29.3 Å². The zero-order chi connectivity index (χ0) is 20.4. The van der Waals surface area contributed by atoms with Gasteiger partial charge < -0.3 is 4.74 Å². The lowest BCUT2D eigenvalue weighted by molar-refractivity contribution is -0.138. The summed E-state index contributed by atoms with van der Waals surface area (Å²) < 4.78 is 45.1. The van der Waals surface area contributed by atoms with Gasteiger partial charge in [-0.25, -0.2) is 9.89 Å². The summed E-state index contributed by atoms with van der Waals surface area (Å²) in [6.45, 7) is 2.76. The first-order valence-corrected chi connectivity index (χ1v) is 8.32. The molecule has 0 atom stereocenters. The summed E-state index contributed by atoms with van der Waals surface area (Å²) in [6, 6.07) is 3.92. The number of ether oxygens (including phenoxy) is 1. The zero-order valence-corrected chi connectivity index (χ0v) is 15.6. The Balaban J connectivity index is 2.64. The van der Waals surface area contributed by atoms with E-state index in [2.05, 4.69) is 5.10 Å². The van der Waals surface area contributed by atoms with Crippen LogP contribution in [0.1, 0.15) is 23.6 Å². The van der Waals surface area contributed by atoms with Crippen LogP contribution in [-0.4, -0.2) is 22.8 Å². The van der Waals surface area contributed by atoms with Gasteiger partial charge in [0.25, 0.3) is 5.56 Å². The predicted molar refractivity (Wildman–Crippen MR) is 95.5 cm³/mol. The van der Waals surface area contributed by atoms with Crippen LogP contribution in [0, 0.1) is 6.92 Å². The fourth-order valence-electron chi connectivity index (χ4n) is 2.29. The number of hydrogen-bond donors (Lipinski definition) is 1. The second kappa shape index (κ2) is 8.14. The van der Waals surface area contributed by atoms with E-state index in [1.165, 1.54) is 24.3 Å². The molecule has 0 aliphatic carbocycles. The van der Waals surface area contributed by atoms with Crippen LogP contribution in [0.3, 0.4) is 0 Å². The monoisotopic (exact) mass is 420 g/mol. The maximum absolute atomic E-state index is 13.4. The molecule has 1 heterocycles. The van der Waals surface area contributed by atoms with Gasteiger partial charge in [0.05, 0.1) is 12.2 Å². The van der Waals surface area contributed by atoms with E-state index in [0.717, 1.165) is 6.92 Å². The quantitative estimate of drug-likeness (QED) is 0.581. The topological polar surface area (TPSA) is 72.0 Å². The highest BCUT2D eigenvalue weighted by atomic mass is 35.5. The molecule has 10 heteroatoms. The second-order valence-electron chi connectivity index (χ2n) is 5.35. The number of benzene rings is 1. The summed E-state index contributed by atoms with van der Waals surface area (Å²) in [6.07, 6.45) is -3.62. The second-order valence-corrected chi connectivity index (χ2v) is 6.16. The molecule has 0 radical (unpaired) electrons. The number of hydrogen-bond acceptors (Lipinski definition) is 4. The molecule has 1 aromatic heterocycles. The number of alkyl halides is 3. The molecule has 0 unspecified atom stereocenters. The molecule has 144 valence electrons. The van der Waals surface area contributed by atoms with Crippen LogP contribution >= 0.6 is 23.2 Å². The number of esters is 1. The predicted octanol–water partition coefficient (Wildman–Crippen LogP) is 4.56. The highest BCUT2D eigenvalue weighted by Crippen LogP contribution is 2.37. The van der Waals surface area contributed by atoms with Gasteiger partial charge in [-0.2, -0.15) is 18.3 Å². The van der Waals surface area contributed by atoms with E-state index >= 15 is 0 Å². The highest BCUT2D eigenvalue weighted by molar-refractivity contribution is 6.43. The molecule has 2 aromatic rings. The Kier molecular flexibility index (Phi) is 6.33. The Morgan fingerprint density at radius 3 is 2.63 bits per heavy atom. The molecule has 0 amide bonds. The van der Waals surface area contributed by atoms with Crippen molar-refractivity contribution in [2.24, 2.45) is 0 Å². The van der Waals surface area contributed by atoms with Crippen molar-refractivity contribution in [1.29, 1.82) is 0 Å². The van der Waals surface area contributed by atoms with E-state index < -0.39 is 34.5 Å². The van der Waals surface area contributed by atoms with Crippen molar-refractivity contribution in [2.75, 3.05) is 6.61 Å². The molecule has 1 N–H and O–H groups in total. The number of aromatic amines is 1. The molecule has 0 aliphatic rings. The average molecular weight is 421 g/mol. The van der Waals surface area contributed by atoms with Gasteiger partial charge in [-0.15, -0.1) is 0 Å². The third kappa shape index (κ3) is 4.70. The van der Waals surface area contributed by atoms with E-state index in [9.17, 15) is 22.8 Å². The first kappa shape index (κ1) is 21.0. The molecule has 0 fully saturated rings. The van der Waals surface area contributed by atoms with Gasteiger partial charge in [0.1, 0.15) is 10.7 Å². The maximum Gasteiger partial charge on any atom is 0.419 e. The molecule has 0 bridgehead atoms. The smallest absolute Gasteiger partial charge is 0.419 e. The van der Waals surface area contributed by atoms with E-state index in [4.69, 9.17) is 27.9 Å². The number of aromatic nitrogens is 2. The number of halogens is 5. The van der Waals surface area contributed by atoms with E-state index in [0.29, 0.717) is 0 Å². The van der Waals surface area contributed by atoms with Crippen molar-refractivity contribution < 1.29 is 22.7 Å². The number of rotatable bonds is 4. The van der Waals surface area contributed by atoms with Gasteiger partial charge in [-0.05, 0) is 37.6 Å². The SMILES string of the molecule is CCOC(=O)C(Cl)=Cc1cc(-c2n[nH]c(=O)c(C)c2C(F)(F)F)ccc1Cl. The molecule has 27 heavy (non-hydrogen) atoms. The molecule has 0 spiro atoms. The van der Waals surface area contributed by atoms with Gasteiger partial charge in [0, 0.05) is 16.1 Å². The van der Waals surface area contributed by atoms with E-state index in [1.807, 2.05) is 5.10 Å². The van der Waals surface area contributed by atoms with Crippen LogP contribution in [0.2, 0.25) is 5.02 Å². The van der Waals surface area contributed by atoms with E-state index in [-0.39, 0.29) is 27.8 Å². The lowest BCUT2D eigenvalue weighted by atomic mass is 10.0. The summed E-state index contributed by atoms with van der Waals surface area (Å²) in [4.78, 5) is 23.2. The molecular weight excluding hydrogens is 408 g/mol. The fourth-order valence-corrected chi connectivity index (χ4v) is 2.63. The lowest BCUT2D eigenvalue weighted by Gasteiger charge is -2.14. The van der Waals surface area contributed by atoms with Crippen molar-refractivity contribution in [2.45, 2.75) is 20.0 Å². The summed E-state index contributed by atoms with van der Waals surface area (Å²) >= 11 is 11.9. The lowest BCUT2D eigenvalue weighted by Crippen LogP contribution is -2.21. The van der Waals surface area contributed by atoms with Crippen LogP contribution in [0.25, 0.3) is 17.3 Å². The molecule has 1 aromatic carbocycles. The van der Waals surface area contributed by atoms with Crippen LogP contribution in [0.4, 0.5) is 13.2 Å². The normalized spacial score (nSPS) is 12.2. The highest BCUT2D eigenvalue weighted by Gasteiger charge is 2.37. The Morgan fingerprint density at radius 1 is 1.37 bits per heavy atom. The summed E-state index contributed by atoms with van der Waals surface area (Å²) in [5.41, 5.74) is -2.86. The Labute approximate surface area is 161 Å². The van der Waals surface area contributed by atoms with Crippen LogP contribution in [0.5, 0.6) is 0 Å². The Bertz CT molecular complexity index is 969. The molecule has 2 rings (SSSR count). The van der Waals surface area contributed by atoms with Crippen molar-refractivity contribution >= 4 is 35.2 Å². The minimum Gasteiger partial charge on any atom is -0.462 e. The van der Waals surface area contributed by atoms with Crippen LogP contribution < -0.4 is 5.56 Å². The number of carbonyl (C=O) groups excluding carboxylic acids is 1. The minimum atomic E-state index is -4.79. The van der Waals surface area contributed by atoms with Crippen molar-refractivity contribution in [3.05, 3.63) is 55.3 Å². The van der Waals surface area contributed by atoms with Gasteiger partial charge in [-0.3, -0.25) is 4.79 Å². The van der Waals surface area contributed by atoms with Crippen molar-refractivity contribution in [1.82, 2.24) is 10.2 Å². The van der Waals surface area contributed by atoms with Gasteiger partial charge in [0.15, 0.2) is 0 Å². The summed E-state index contributed by atoms with van der Waals surface area (Å²) in [5.74, 6) is -0.797. The van der Waals surface area contributed by atoms with Crippen molar-refractivity contribution in [3.8, 4) is 11.3 Å². The molecule has 5 nitrogen and oxygen atoms in total. The molecule has 0 saturated heterocycles. The largest absolute Gasteiger partial charge is 0.462 e. The van der Waals surface area contributed by atoms with Crippen LogP contribution in [-0.2, 0) is 15.7 Å². The van der Waals surface area contributed by atoms with Crippen LogP contribution in [0.15, 0.2) is 28.0 Å². The number of nitrogens with zero attached hydrogens (tertiary/aromatic N) is 1. The Morgan fingerprint density at radius 2 is 2.04 bits per heavy atom. The summed E-state index contributed by atoms with van der Waals surface area (Å²) in [5, 5.41) is 5.43. The Hall–Kier alpha value is -2.32. The first-order valence-electron chi connectivity index (χ1n) is 7.57. The molecular formula is C17H13Cl2F3N2O3. The zero-order valence-electron chi connectivity index (χ0n) is 14.1. The minimum absolute atomic E-state index is 0.0330. The summed E-state index contributed by atoms with van der Waals surface area (Å²) in [7, 11) is 0. The van der Waals surface area contributed by atoms with Gasteiger partial charge in [0.2, 0.25) is 0 Å². The third-order valence-electron chi connectivity index (χ3n) is 3.53. The standard InChI is InChI=1S/C17H13Cl2F3N2O3/c1-3-27-16(26)12(19)7-10-6-9(4-5-11(10)18)14-13(17(20,21)22)8(2)15(25)24-23-14/h4-7H,3H2,1-2H3,(H,24,25). The first-order chi connectivity index (χ1) is 12.6.